The van der Waals surface area contributed by atoms with Crippen molar-refractivity contribution >= 4 is 15.9 Å². The maximum absolute atomic E-state index is 5.51. The van der Waals surface area contributed by atoms with E-state index in [9.17, 15) is 0 Å². The minimum Gasteiger partial charge on any atom is -0.382 e. The predicted molar refractivity (Wildman–Crippen MR) is 78.2 cm³/mol. The summed E-state index contributed by atoms with van der Waals surface area (Å²) in [6.07, 6.45) is 0. The molecule has 0 amide bonds. The molecule has 1 aromatic carbocycles. The molecule has 0 N–H and O–H groups in total. The van der Waals surface area contributed by atoms with Crippen LogP contribution in [0.5, 0.6) is 0 Å². The minimum atomic E-state index is 0.664. The van der Waals surface area contributed by atoms with E-state index in [-0.39, 0.29) is 0 Å². The molecule has 0 radical (unpaired) electrons. The molecule has 0 aliphatic rings. The van der Waals surface area contributed by atoms with Crippen molar-refractivity contribution in [1.29, 1.82) is 0 Å². The standard InChI is InChI=1S/C14H22BrNO2/c1-17-11-12-18-10-9-16(8-7-15)13-14-5-3-2-4-6-14/h2-6H,7-13H2,1H3. The maximum Gasteiger partial charge on any atom is 0.0700 e. The Morgan fingerprint density at radius 1 is 1.06 bits per heavy atom. The zero-order chi connectivity index (χ0) is 13.1. The zero-order valence-electron chi connectivity index (χ0n) is 11.0. The molecule has 0 unspecified atom stereocenters. The molecular weight excluding hydrogens is 294 g/mol. The van der Waals surface area contributed by atoms with Gasteiger partial charge in [-0.1, -0.05) is 46.3 Å². The third kappa shape index (κ3) is 7.11. The molecule has 18 heavy (non-hydrogen) atoms. The monoisotopic (exact) mass is 315 g/mol. The van der Waals surface area contributed by atoms with E-state index in [1.54, 1.807) is 7.11 Å². The lowest BCUT2D eigenvalue weighted by atomic mass is 10.2. The number of nitrogens with zero attached hydrogens (tertiary/aromatic N) is 1. The SMILES string of the molecule is COCCOCCN(CCBr)Cc1ccccc1. The lowest BCUT2D eigenvalue weighted by Crippen LogP contribution is -2.29. The fourth-order valence-electron chi connectivity index (χ4n) is 1.67. The van der Waals surface area contributed by atoms with Gasteiger partial charge in [0.15, 0.2) is 0 Å². The summed E-state index contributed by atoms with van der Waals surface area (Å²) in [4.78, 5) is 2.39. The first-order chi connectivity index (χ1) is 8.86. The van der Waals surface area contributed by atoms with Gasteiger partial charge in [0.05, 0.1) is 19.8 Å². The minimum absolute atomic E-state index is 0.664. The molecule has 0 spiro atoms. The smallest absolute Gasteiger partial charge is 0.0700 e. The highest BCUT2D eigenvalue weighted by molar-refractivity contribution is 9.09. The predicted octanol–water partition coefficient (Wildman–Crippen LogP) is 2.55. The summed E-state index contributed by atoms with van der Waals surface area (Å²) in [7, 11) is 1.69. The van der Waals surface area contributed by atoms with Crippen LogP contribution in [-0.4, -0.2) is 50.2 Å². The van der Waals surface area contributed by atoms with Crippen LogP contribution >= 0.6 is 15.9 Å². The van der Waals surface area contributed by atoms with Gasteiger partial charge in [-0.3, -0.25) is 4.90 Å². The molecule has 0 aliphatic carbocycles. The second-order valence-electron chi connectivity index (χ2n) is 4.06. The summed E-state index contributed by atoms with van der Waals surface area (Å²) in [5, 5.41) is 0.984. The number of halogens is 1. The van der Waals surface area contributed by atoms with E-state index in [1.807, 2.05) is 6.07 Å². The van der Waals surface area contributed by atoms with Crippen LogP contribution in [0.1, 0.15) is 5.56 Å². The van der Waals surface area contributed by atoms with Gasteiger partial charge in [0, 0.05) is 32.1 Å². The van der Waals surface area contributed by atoms with Crippen molar-refractivity contribution < 1.29 is 9.47 Å². The van der Waals surface area contributed by atoms with Gasteiger partial charge in [0.1, 0.15) is 0 Å². The summed E-state index contributed by atoms with van der Waals surface area (Å²) < 4.78 is 10.5. The number of hydrogen-bond acceptors (Lipinski definition) is 3. The largest absolute Gasteiger partial charge is 0.382 e. The first-order valence-corrected chi connectivity index (χ1v) is 7.38. The Hall–Kier alpha value is -0.420. The quantitative estimate of drug-likeness (QED) is 0.489. The van der Waals surface area contributed by atoms with Crippen LogP contribution in [-0.2, 0) is 16.0 Å². The van der Waals surface area contributed by atoms with E-state index in [4.69, 9.17) is 9.47 Å². The molecule has 1 rings (SSSR count). The molecule has 3 nitrogen and oxygen atoms in total. The molecular formula is C14H22BrNO2. The van der Waals surface area contributed by atoms with Crippen LogP contribution in [0.2, 0.25) is 0 Å². The summed E-state index contributed by atoms with van der Waals surface area (Å²) in [6.45, 7) is 5.04. The van der Waals surface area contributed by atoms with Gasteiger partial charge < -0.3 is 9.47 Å². The fourth-order valence-corrected chi connectivity index (χ4v) is 2.17. The Kier molecular flexibility index (Phi) is 9.12. The first kappa shape index (κ1) is 15.6. The molecule has 0 heterocycles. The Balaban J connectivity index is 2.26. The molecule has 0 saturated heterocycles. The van der Waals surface area contributed by atoms with Crippen LogP contribution in [0, 0.1) is 0 Å². The van der Waals surface area contributed by atoms with Crippen LogP contribution in [0.15, 0.2) is 30.3 Å². The molecule has 0 fully saturated rings. The molecule has 0 aromatic heterocycles. The number of benzene rings is 1. The van der Waals surface area contributed by atoms with Crippen molar-refractivity contribution in [2.45, 2.75) is 6.54 Å². The van der Waals surface area contributed by atoms with E-state index in [0.29, 0.717) is 13.2 Å². The van der Waals surface area contributed by atoms with Gasteiger partial charge >= 0.3 is 0 Å². The topological polar surface area (TPSA) is 21.7 Å². The zero-order valence-corrected chi connectivity index (χ0v) is 12.6. The van der Waals surface area contributed by atoms with Gasteiger partial charge in [0.25, 0.3) is 0 Å². The van der Waals surface area contributed by atoms with Crippen molar-refractivity contribution in [3.63, 3.8) is 0 Å². The highest BCUT2D eigenvalue weighted by Gasteiger charge is 2.04. The van der Waals surface area contributed by atoms with Crippen LogP contribution < -0.4 is 0 Å². The Morgan fingerprint density at radius 2 is 1.83 bits per heavy atom. The number of methoxy groups -OCH3 is 1. The van der Waals surface area contributed by atoms with E-state index >= 15 is 0 Å². The van der Waals surface area contributed by atoms with Crippen LogP contribution in [0.4, 0.5) is 0 Å². The van der Waals surface area contributed by atoms with Gasteiger partial charge in [-0.25, -0.2) is 0 Å². The summed E-state index contributed by atoms with van der Waals surface area (Å²) in [5.41, 5.74) is 1.34. The van der Waals surface area contributed by atoms with Crippen molar-refractivity contribution in [2.24, 2.45) is 0 Å². The fraction of sp³-hybridized carbons (Fsp3) is 0.571. The Labute approximate surface area is 118 Å². The van der Waals surface area contributed by atoms with E-state index in [0.717, 1.165) is 31.6 Å². The van der Waals surface area contributed by atoms with Crippen molar-refractivity contribution in [3.05, 3.63) is 35.9 Å². The number of alkyl halides is 1. The second kappa shape index (κ2) is 10.5. The highest BCUT2D eigenvalue weighted by Crippen LogP contribution is 2.04. The van der Waals surface area contributed by atoms with Gasteiger partial charge in [-0.2, -0.15) is 0 Å². The molecule has 0 bridgehead atoms. The molecule has 0 aliphatic heterocycles. The van der Waals surface area contributed by atoms with Crippen LogP contribution in [0.25, 0.3) is 0 Å². The molecule has 1 aromatic rings. The first-order valence-electron chi connectivity index (χ1n) is 6.25. The van der Waals surface area contributed by atoms with Gasteiger partial charge in [-0.05, 0) is 5.56 Å². The van der Waals surface area contributed by atoms with Crippen molar-refractivity contribution in [1.82, 2.24) is 4.90 Å². The highest BCUT2D eigenvalue weighted by atomic mass is 79.9. The lowest BCUT2D eigenvalue weighted by molar-refractivity contribution is 0.0570. The molecule has 102 valence electrons. The second-order valence-corrected chi connectivity index (χ2v) is 4.85. The Bertz CT molecular complexity index is 295. The van der Waals surface area contributed by atoms with E-state index < -0.39 is 0 Å². The number of ether oxygens (including phenoxy) is 2. The molecule has 0 atom stereocenters. The van der Waals surface area contributed by atoms with Gasteiger partial charge in [0.2, 0.25) is 0 Å². The van der Waals surface area contributed by atoms with E-state index in [2.05, 4.69) is 45.1 Å². The average Bonchev–Trinajstić information content (AvgIpc) is 2.40. The van der Waals surface area contributed by atoms with Gasteiger partial charge in [-0.15, -0.1) is 0 Å². The van der Waals surface area contributed by atoms with Crippen molar-refractivity contribution in [3.8, 4) is 0 Å². The Morgan fingerprint density at radius 3 is 2.50 bits per heavy atom. The lowest BCUT2D eigenvalue weighted by Gasteiger charge is -2.21. The third-order valence-electron chi connectivity index (χ3n) is 2.63. The number of hydrogen-bond donors (Lipinski definition) is 0. The average molecular weight is 316 g/mol. The maximum atomic E-state index is 5.51. The normalized spacial score (nSPS) is 11.1. The summed E-state index contributed by atoms with van der Waals surface area (Å²) in [6, 6.07) is 10.5. The third-order valence-corrected chi connectivity index (χ3v) is 2.99. The van der Waals surface area contributed by atoms with Crippen LogP contribution in [0.3, 0.4) is 0 Å². The van der Waals surface area contributed by atoms with E-state index in [1.165, 1.54) is 5.56 Å². The molecule has 0 saturated carbocycles. The molecule has 4 heteroatoms. The van der Waals surface area contributed by atoms with Crippen molar-refractivity contribution in [2.75, 3.05) is 45.4 Å². The number of rotatable bonds is 10. The summed E-state index contributed by atoms with van der Waals surface area (Å²) in [5.74, 6) is 0. The summed E-state index contributed by atoms with van der Waals surface area (Å²) >= 11 is 3.49.